The van der Waals surface area contributed by atoms with Crippen LogP contribution in [0.5, 0.6) is 0 Å². The summed E-state index contributed by atoms with van der Waals surface area (Å²) in [5, 5.41) is 0.825. The molecule has 0 bridgehead atoms. The van der Waals surface area contributed by atoms with E-state index in [0.717, 1.165) is 7.89 Å². The largest absolute Gasteiger partial charge is 0.376 e. The van der Waals surface area contributed by atoms with E-state index in [9.17, 15) is 4.79 Å². The van der Waals surface area contributed by atoms with Gasteiger partial charge in [0.2, 0.25) is 0 Å². The Labute approximate surface area is 86.0 Å². The van der Waals surface area contributed by atoms with Crippen molar-refractivity contribution in [2.45, 2.75) is 6.92 Å². The highest BCUT2D eigenvalue weighted by atomic mass is 127. The molecular formula is C5H3ClINO2S. The molecule has 0 N–H and O–H groups in total. The number of nitrogens with zero attached hydrogens (tertiary/aromatic N) is 1. The fraction of sp³-hybridized carbons (Fsp3) is 0.200. The first kappa shape index (κ1) is 9.21. The first-order valence-electron chi connectivity index (χ1n) is 2.61. The van der Waals surface area contributed by atoms with Crippen molar-refractivity contribution in [3.05, 3.63) is 13.6 Å². The van der Waals surface area contributed by atoms with Gasteiger partial charge in [-0.3, -0.25) is 0 Å². The van der Waals surface area contributed by atoms with E-state index in [4.69, 9.17) is 11.9 Å². The molecule has 0 amide bonds. The molecule has 0 aliphatic rings. The molecule has 0 aliphatic carbocycles. The molecule has 6 heteroatoms. The number of aromatic nitrogens is 1. The summed E-state index contributed by atoms with van der Waals surface area (Å²) >= 11 is 8.32. The lowest BCUT2D eigenvalue weighted by atomic mass is 10.5. The smallest absolute Gasteiger partial charge is 0.342 e. The molecule has 0 fully saturated rings. The lowest BCUT2D eigenvalue weighted by Crippen LogP contribution is -2.00. The van der Waals surface area contributed by atoms with Crippen molar-refractivity contribution in [1.29, 1.82) is 0 Å². The monoisotopic (exact) mass is 303 g/mol. The highest BCUT2D eigenvalue weighted by Crippen LogP contribution is 2.20. The van der Waals surface area contributed by atoms with Gasteiger partial charge in [-0.2, -0.15) is 0 Å². The van der Waals surface area contributed by atoms with Crippen molar-refractivity contribution in [1.82, 2.24) is 4.98 Å². The van der Waals surface area contributed by atoms with Crippen LogP contribution in [0.25, 0.3) is 0 Å². The first-order valence-corrected chi connectivity index (χ1v) is 4.81. The Morgan fingerprint density at radius 2 is 2.45 bits per heavy atom. The summed E-state index contributed by atoms with van der Waals surface area (Å²) in [4.78, 5) is 14.8. The number of halogens is 2. The number of carbonyl (C=O) groups excluding carboxylic acids is 1. The van der Waals surface area contributed by atoms with E-state index in [1.807, 2.05) is 29.5 Å². The van der Waals surface area contributed by atoms with Crippen LogP contribution in [0.15, 0.2) is 0 Å². The molecule has 3 nitrogen and oxygen atoms in total. The summed E-state index contributed by atoms with van der Waals surface area (Å²) in [5.74, 6) is -0.597. The molecule has 0 spiro atoms. The highest BCUT2D eigenvalue weighted by molar-refractivity contribution is 14.1. The average Bonchev–Trinajstić information content (AvgIpc) is 2.28. The molecule has 0 aromatic carbocycles. The Balaban J connectivity index is 3.03. The zero-order chi connectivity index (χ0) is 8.43. The predicted octanol–water partition coefficient (Wildman–Crippen LogP) is 2.37. The number of hydrogen-bond donors (Lipinski definition) is 0. The van der Waals surface area contributed by atoms with Gasteiger partial charge in [0.1, 0.15) is 14.7 Å². The molecule has 1 aromatic rings. The SMILES string of the molecule is Cc1nc(C(=O)OCl)c(I)s1. The highest BCUT2D eigenvalue weighted by Gasteiger charge is 2.15. The fourth-order valence-corrected chi connectivity index (χ4v) is 2.56. The standard InChI is InChI=1S/C5H3ClINO2S/c1-2-8-3(4(7)11-2)5(9)10-6/h1H3. The minimum atomic E-state index is -0.597. The van der Waals surface area contributed by atoms with Crippen LogP contribution in [0, 0.1) is 9.81 Å². The van der Waals surface area contributed by atoms with E-state index >= 15 is 0 Å². The molecule has 0 unspecified atom stereocenters. The molecule has 11 heavy (non-hydrogen) atoms. The van der Waals surface area contributed by atoms with E-state index in [-0.39, 0.29) is 0 Å². The molecular weight excluding hydrogens is 300 g/mol. The average molecular weight is 304 g/mol. The summed E-state index contributed by atoms with van der Waals surface area (Å²) in [6.07, 6.45) is 0. The zero-order valence-electron chi connectivity index (χ0n) is 5.43. The van der Waals surface area contributed by atoms with Crippen molar-refractivity contribution in [3.63, 3.8) is 0 Å². The number of hydrogen-bond acceptors (Lipinski definition) is 4. The van der Waals surface area contributed by atoms with Gasteiger partial charge < -0.3 is 4.29 Å². The van der Waals surface area contributed by atoms with Crippen LogP contribution in [0.4, 0.5) is 0 Å². The summed E-state index contributed by atoms with van der Waals surface area (Å²) in [6, 6.07) is 0. The predicted molar refractivity (Wildman–Crippen MR) is 50.8 cm³/mol. The van der Waals surface area contributed by atoms with Gasteiger partial charge in [0.15, 0.2) is 5.69 Å². The fourth-order valence-electron chi connectivity index (χ4n) is 0.565. The van der Waals surface area contributed by atoms with Gasteiger partial charge in [-0.05, 0) is 29.5 Å². The Morgan fingerprint density at radius 3 is 2.82 bits per heavy atom. The van der Waals surface area contributed by atoms with Crippen molar-refractivity contribution >= 4 is 51.8 Å². The minimum Gasteiger partial charge on any atom is -0.342 e. The number of rotatable bonds is 1. The molecule has 60 valence electrons. The van der Waals surface area contributed by atoms with Gasteiger partial charge in [-0.15, -0.1) is 11.3 Å². The summed E-state index contributed by atoms with van der Waals surface area (Å²) in [7, 11) is 0. The molecule has 1 heterocycles. The number of aryl methyl sites for hydroxylation is 1. The Kier molecular flexibility index (Phi) is 3.08. The summed E-state index contributed by atoms with van der Waals surface area (Å²) in [6.45, 7) is 1.82. The van der Waals surface area contributed by atoms with E-state index < -0.39 is 5.97 Å². The summed E-state index contributed by atoms with van der Waals surface area (Å²) < 4.78 is 4.80. The molecule has 0 atom stereocenters. The van der Waals surface area contributed by atoms with Crippen molar-refractivity contribution in [2.75, 3.05) is 0 Å². The van der Waals surface area contributed by atoms with Gasteiger partial charge in [-0.1, -0.05) is 0 Å². The van der Waals surface area contributed by atoms with Gasteiger partial charge >= 0.3 is 5.97 Å². The van der Waals surface area contributed by atoms with Gasteiger partial charge in [0.05, 0.1) is 5.01 Å². The second-order valence-electron chi connectivity index (χ2n) is 1.72. The third-order valence-corrected chi connectivity index (χ3v) is 3.03. The molecule has 0 aliphatic heterocycles. The van der Waals surface area contributed by atoms with Crippen LogP contribution in [0.3, 0.4) is 0 Å². The van der Waals surface area contributed by atoms with Gasteiger partial charge in [-0.25, -0.2) is 9.78 Å². The van der Waals surface area contributed by atoms with E-state index in [2.05, 4.69) is 9.27 Å². The second kappa shape index (κ2) is 3.68. The van der Waals surface area contributed by atoms with Crippen molar-refractivity contribution in [2.24, 2.45) is 0 Å². The van der Waals surface area contributed by atoms with Crippen LogP contribution < -0.4 is 0 Å². The number of thiazole rings is 1. The zero-order valence-corrected chi connectivity index (χ0v) is 9.16. The van der Waals surface area contributed by atoms with Crippen LogP contribution in [0.1, 0.15) is 15.5 Å². The summed E-state index contributed by atoms with van der Waals surface area (Å²) in [5.41, 5.74) is 0.295. The topological polar surface area (TPSA) is 39.2 Å². The van der Waals surface area contributed by atoms with Crippen LogP contribution in [-0.2, 0) is 4.29 Å². The maximum absolute atomic E-state index is 10.8. The molecule has 0 radical (unpaired) electrons. The third kappa shape index (κ3) is 2.03. The maximum Gasteiger partial charge on any atom is 0.376 e. The molecule has 1 rings (SSSR count). The normalized spacial score (nSPS) is 9.73. The van der Waals surface area contributed by atoms with Crippen molar-refractivity contribution < 1.29 is 9.08 Å². The van der Waals surface area contributed by atoms with Crippen LogP contribution in [-0.4, -0.2) is 11.0 Å². The lowest BCUT2D eigenvalue weighted by molar-refractivity contribution is 0.0745. The Hall–Kier alpha value is 0.120. The van der Waals surface area contributed by atoms with Gasteiger partial charge in [0, 0.05) is 0 Å². The molecule has 0 saturated heterocycles. The Bertz CT molecular complexity index is 288. The van der Waals surface area contributed by atoms with Crippen LogP contribution in [0.2, 0.25) is 0 Å². The third-order valence-electron chi connectivity index (χ3n) is 0.956. The van der Waals surface area contributed by atoms with E-state index in [1.165, 1.54) is 11.3 Å². The lowest BCUT2D eigenvalue weighted by Gasteiger charge is -1.88. The Morgan fingerprint density at radius 1 is 1.82 bits per heavy atom. The quantitative estimate of drug-likeness (QED) is 0.748. The van der Waals surface area contributed by atoms with Gasteiger partial charge in [0.25, 0.3) is 0 Å². The second-order valence-corrected chi connectivity index (χ2v) is 4.89. The molecule has 0 saturated carbocycles. The molecule has 1 aromatic heterocycles. The van der Waals surface area contributed by atoms with E-state index in [0.29, 0.717) is 5.69 Å². The van der Waals surface area contributed by atoms with Crippen LogP contribution >= 0.6 is 45.8 Å². The van der Waals surface area contributed by atoms with Crippen molar-refractivity contribution in [3.8, 4) is 0 Å². The maximum atomic E-state index is 10.8. The minimum absolute atomic E-state index is 0.295. The first-order chi connectivity index (χ1) is 5.15. The number of carbonyl (C=O) groups is 1. The van der Waals surface area contributed by atoms with E-state index in [1.54, 1.807) is 0 Å².